The molecule has 2 atom stereocenters. The molecule has 2 amide bonds. The lowest BCUT2D eigenvalue weighted by molar-refractivity contribution is -0.136. The maximum Gasteiger partial charge on any atom is 0.247 e. The smallest absolute Gasteiger partial charge is 0.247 e. The van der Waals surface area contributed by atoms with Gasteiger partial charge in [-0.1, -0.05) is 30.3 Å². The molecule has 0 radical (unpaired) electrons. The molecule has 0 bridgehead atoms. The van der Waals surface area contributed by atoms with E-state index in [1.807, 2.05) is 18.2 Å². The number of hydrogen-bond donors (Lipinski definition) is 3. The van der Waals surface area contributed by atoms with E-state index in [2.05, 4.69) is 21.6 Å². The number of phenolic OH excluding ortho intramolecular Hbond substituents is 1. The van der Waals surface area contributed by atoms with Crippen LogP contribution < -0.4 is 15.5 Å². The average molecular weight is 337 g/mol. The molecule has 0 aromatic heterocycles. The van der Waals surface area contributed by atoms with Gasteiger partial charge in [0.1, 0.15) is 17.8 Å². The van der Waals surface area contributed by atoms with Gasteiger partial charge in [-0.3, -0.25) is 9.59 Å². The Balaban J connectivity index is 1.48. The summed E-state index contributed by atoms with van der Waals surface area (Å²) in [7, 11) is 0. The van der Waals surface area contributed by atoms with Gasteiger partial charge in [-0.2, -0.15) is 0 Å². The van der Waals surface area contributed by atoms with Crippen LogP contribution in [0.3, 0.4) is 0 Å². The topological polar surface area (TPSA) is 81.7 Å². The van der Waals surface area contributed by atoms with Crippen LogP contribution >= 0.6 is 0 Å². The Kier molecular flexibility index (Phi) is 3.80. The van der Waals surface area contributed by atoms with E-state index >= 15 is 0 Å². The molecule has 0 spiro atoms. The molecule has 2 heterocycles. The molecule has 25 heavy (non-hydrogen) atoms. The van der Waals surface area contributed by atoms with Gasteiger partial charge in [0.25, 0.3) is 0 Å². The molecule has 2 unspecified atom stereocenters. The van der Waals surface area contributed by atoms with Gasteiger partial charge >= 0.3 is 0 Å². The Morgan fingerprint density at radius 1 is 1.04 bits per heavy atom. The number of aromatic hydroxyl groups is 1. The van der Waals surface area contributed by atoms with Gasteiger partial charge in [0.05, 0.1) is 0 Å². The third-order valence-electron chi connectivity index (χ3n) is 4.77. The van der Waals surface area contributed by atoms with E-state index in [1.54, 1.807) is 12.1 Å². The molecule has 2 aromatic carbocycles. The molecule has 1 fully saturated rings. The SMILES string of the molecule is O=C1NC(c2cccc(O)c2)C(=O)NC1CN1CCc2ccccc21. The number of benzene rings is 2. The van der Waals surface area contributed by atoms with Crippen LogP contribution in [0.5, 0.6) is 5.75 Å². The van der Waals surface area contributed by atoms with Crippen molar-refractivity contribution in [1.29, 1.82) is 0 Å². The molecule has 2 aliphatic heterocycles. The van der Waals surface area contributed by atoms with Crippen molar-refractivity contribution in [3.63, 3.8) is 0 Å². The molecule has 6 nitrogen and oxygen atoms in total. The summed E-state index contributed by atoms with van der Waals surface area (Å²) in [6, 6.07) is 13.1. The van der Waals surface area contributed by atoms with Crippen LogP contribution in [0.1, 0.15) is 17.2 Å². The van der Waals surface area contributed by atoms with Crippen LogP contribution in [-0.4, -0.2) is 36.1 Å². The van der Waals surface area contributed by atoms with E-state index in [0.717, 1.165) is 18.7 Å². The van der Waals surface area contributed by atoms with Gasteiger partial charge < -0.3 is 20.6 Å². The molecule has 4 rings (SSSR count). The number of para-hydroxylation sites is 1. The fourth-order valence-corrected chi connectivity index (χ4v) is 3.51. The minimum atomic E-state index is -0.776. The lowest BCUT2D eigenvalue weighted by atomic mass is 10.0. The third kappa shape index (κ3) is 2.91. The van der Waals surface area contributed by atoms with Crippen LogP contribution in [0, 0.1) is 0 Å². The summed E-state index contributed by atoms with van der Waals surface area (Å²) in [6.45, 7) is 1.29. The van der Waals surface area contributed by atoms with Gasteiger partial charge in [0.2, 0.25) is 11.8 Å². The van der Waals surface area contributed by atoms with Crippen molar-refractivity contribution >= 4 is 17.5 Å². The van der Waals surface area contributed by atoms with Crippen molar-refractivity contribution in [1.82, 2.24) is 10.6 Å². The third-order valence-corrected chi connectivity index (χ3v) is 4.77. The van der Waals surface area contributed by atoms with Crippen molar-refractivity contribution < 1.29 is 14.7 Å². The minimum Gasteiger partial charge on any atom is -0.508 e. The largest absolute Gasteiger partial charge is 0.508 e. The molecule has 0 saturated carbocycles. The van der Waals surface area contributed by atoms with Crippen molar-refractivity contribution in [3.05, 3.63) is 59.7 Å². The van der Waals surface area contributed by atoms with Crippen LogP contribution in [0.4, 0.5) is 5.69 Å². The van der Waals surface area contributed by atoms with Crippen molar-refractivity contribution in [2.24, 2.45) is 0 Å². The number of rotatable bonds is 3. The van der Waals surface area contributed by atoms with E-state index in [4.69, 9.17) is 0 Å². The second-order valence-electron chi connectivity index (χ2n) is 6.42. The Morgan fingerprint density at radius 2 is 1.88 bits per heavy atom. The second kappa shape index (κ2) is 6.12. The molecular formula is C19H19N3O3. The highest BCUT2D eigenvalue weighted by molar-refractivity contribution is 5.98. The standard InChI is InChI=1S/C19H19N3O3/c23-14-6-3-5-13(10-14)17-19(25)20-15(18(24)21-17)11-22-9-8-12-4-1-2-7-16(12)22/h1-7,10,15,17,23H,8-9,11H2,(H,20,25)(H,21,24). The summed E-state index contributed by atoms with van der Waals surface area (Å²) in [5, 5.41) is 15.2. The van der Waals surface area contributed by atoms with E-state index < -0.39 is 12.1 Å². The van der Waals surface area contributed by atoms with Gasteiger partial charge in [-0.15, -0.1) is 0 Å². The van der Waals surface area contributed by atoms with E-state index in [1.165, 1.54) is 17.7 Å². The summed E-state index contributed by atoms with van der Waals surface area (Å²) < 4.78 is 0. The molecule has 1 saturated heterocycles. The van der Waals surface area contributed by atoms with Crippen molar-refractivity contribution in [3.8, 4) is 5.75 Å². The highest BCUT2D eigenvalue weighted by Gasteiger charge is 2.36. The Labute approximate surface area is 145 Å². The molecular weight excluding hydrogens is 318 g/mol. The number of nitrogens with one attached hydrogen (secondary N) is 2. The quantitative estimate of drug-likeness (QED) is 0.784. The van der Waals surface area contributed by atoms with Crippen LogP contribution in [0.25, 0.3) is 0 Å². The first-order chi connectivity index (χ1) is 12.1. The number of anilines is 1. The predicted octanol–water partition coefficient (Wildman–Crippen LogP) is 1.11. The number of carbonyl (C=O) groups excluding carboxylic acids is 2. The van der Waals surface area contributed by atoms with Gasteiger partial charge in [0, 0.05) is 18.8 Å². The van der Waals surface area contributed by atoms with Gasteiger partial charge in [0.15, 0.2) is 0 Å². The highest BCUT2D eigenvalue weighted by atomic mass is 16.3. The van der Waals surface area contributed by atoms with Crippen LogP contribution in [0.15, 0.2) is 48.5 Å². The lowest BCUT2D eigenvalue weighted by Crippen LogP contribution is -2.60. The number of hydrogen-bond acceptors (Lipinski definition) is 4. The van der Waals surface area contributed by atoms with Crippen LogP contribution in [-0.2, 0) is 16.0 Å². The van der Waals surface area contributed by atoms with Crippen molar-refractivity contribution in [2.45, 2.75) is 18.5 Å². The van der Waals surface area contributed by atoms with E-state index in [0.29, 0.717) is 12.1 Å². The normalized spacial score (nSPS) is 22.3. The molecule has 6 heteroatoms. The highest BCUT2D eigenvalue weighted by Crippen LogP contribution is 2.28. The summed E-state index contributed by atoms with van der Waals surface area (Å²) in [5.41, 5.74) is 2.96. The zero-order valence-corrected chi connectivity index (χ0v) is 13.6. The first-order valence-electron chi connectivity index (χ1n) is 8.34. The van der Waals surface area contributed by atoms with E-state index in [-0.39, 0.29) is 17.6 Å². The van der Waals surface area contributed by atoms with Gasteiger partial charge in [-0.05, 0) is 35.7 Å². The number of phenols is 1. The van der Waals surface area contributed by atoms with Gasteiger partial charge in [-0.25, -0.2) is 0 Å². The minimum absolute atomic E-state index is 0.0651. The maximum atomic E-state index is 12.5. The average Bonchev–Trinajstić information content (AvgIpc) is 3.01. The first kappa shape index (κ1) is 15.5. The predicted molar refractivity (Wildman–Crippen MR) is 93.3 cm³/mol. The lowest BCUT2D eigenvalue weighted by Gasteiger charge is -2.32. The fourth-order valence-electron chi connectivity index (χ4n) is 3.51. The van der Waals surface area contributed by atoms with E-state index in [9.17, 15) is 14.7 Å². The second-order valence-corrected chi connectivity index (χ2v) is 6.42. The zero-order valence-electron chi connectivity index (χ0n) is 13.6. The Morgan fingerprint density at radius 3 is 2.72 bits per heavy atom. The number of nitrogens with zero attached hydrogens (tertiary/aromatic N) is 1. The molecule has 3 N–H and O–H groups in total. The van der Waals surface area contributed by atoms with Crippen molar-refractivity contribution in [2.75, 3.05) is 18.0 Å². The molecule has 2 aromatic rings. The number of amides is 2. The Bertz CT molecular complexity index is 836. The van der Waals surface area contributed by atoms with Crippen LogP contribution in [0.2, 0.25) is 0 Å². The first-order valence-corrected chi connectivity index (χ1v) is 8.34. The maximum absolute atomic E-state index is 12.5. The number of carbonyl (C=O) groups is 2. The molecule has 128 valence electrons. The summed E-state index contributed by atoms with van der Waals surface area (Å²) >= 11 is 0. The fraction of sp³-hybridized carbons (Fsp3) is 0.263. The monoisotopic (exact) mass is 337 g/mol. The zero-order chi connectivity index (χ0) is 17.4. The molecule has 0 aliphatic carbocycles. The number of fused-ring (bicyclic) bond motifs is 1. The summed E-state index contributed by atoms with van der Waals surface area (Å²) in [5.74, 6) is -0.407. The molecule has 2 aliphatic rings. The summed E-state index contributed by atoms with van der Waals surface area (Å²) in [4.78, 5) is 27.1. The summed E-state index contributed by atoms with van der Waals surface area (Å²) in [6.07, 6.45) is 0.949. The Hall–Kier alpha value is -3.02. The number of piperazine rings is 1.